The van der Waals surface area contributed by atoms with Gasteiger partial charge in [-0.05, 0) is 78.7 Å². The molecule has 0 bridgehead atoms. The van der Waals surface area contributed by atoms with Gasteiger partial charge in [-0.25, -0.2) is 27.5 Å². The number of imide groups is 2. The van der Waals surface area contributed by atoms with E-state index in [1.807, 2.05) is 17.4 Å². The van der Waals surface area contributed by atoms with Gasteiger partial charge in [-0.1, -0.05) is 83.9 Å². The molecule has 0 aliphatic heterocycles. The van der Waals surface area contributed by atoms with Crippen LogP contribution in [-0.2, 0) is 29.2 Å². The average molecular weight is 960 g/mol. The molecule has 10 nitrogen and oxygen atoms in total. The zero-order valence-electron chi connectivity index (χ0n) is 33.7. The Kier molecular flexibility index (Phi) is 14.8. The van der Waals surface area contributed by atoms with E-state index in [0.29, 0.717) is 42.2 Å². The topological polar surface area (TPSA) is 137 Å². The van der Waals surface area contributed by atoms with Crippen LogP contribution in [0.4, 0.5) is 17.6 Å². The first kappa shape index (κ1) is 46.3. The number of hydrogen-bond donors (Lipinski definition) is 2. The number of rotatable bonds is 12. The van der Waals surface area contributed by atoms with Crippen LogP contribution in [-0.4, -0.2) is 33.6 Å². The molecular weight excluding hydrogens is 928 g/mol. The molecule has 1 unspecified atom stereocenters. The molecule has 0 saturated heterocycles. The van der Waals surface area contributed by atoms with Gasteiger partial charge in [0.25, 0.3) is 11.8 Å². The Labute approximate surface area is 385 Å². The Bertz CT molecular complexity index is 3070. The minimum absolute atomic E-state index is 0.0898. The molecule has 6 aromatic carbocycles. The molecule has 2 heterocycles. The van der Waals surface area contributed by atoms with Gasteiger partial charge in [0.05, 0.1) is 32.8 Å². The molecule has 0 aliphatic carbocycles. The van der Waals surface area contributed by atoms with Crippen LogP contribution in [0.3, 0.4) is 0 Å². The average Bonchev–Trinajstić information content (AvgIpc) is 3.89. The monoisotopic (exact) mass is 958 g/mol. The number of carbonyl (C=O) groups is 4. The van der Waals surface area contributed by atoms with Crippen LogP contribution in [0.5, 0.6) is 11.5 Å². The van der Waals surface area contributed by atoms with Crippen LogP contribution in [0.15, 0.2) is 121 Å². The van der Waals surface area contributed by atoms with Crippen LogP contribution < -0.4 is 20.1 Å². The molecule has 4 amide bonds. The molecule has 2 N–H and O–H groups in total. The summed E-state index contributed by atoms with van der Waals surface area (Å²) in [6, 6.07) is 31.9. The maximum Gasteiger partial charge on any atom is 0.263 e. The summed E-state index contributed by atoms with van der Waals surface area (Å²) in [4.78, 5) is 58.2. The fourth-order valence-electron chi connectivity index (χ4n) is 6.20. The highest BCUT2D eigenvalue weighted by atomic mass is 35.5. The summed E-state index contributed by atoms with van der Waals surface area (Å²) in [7, 11) is 0. The molecule has 330 valence electrons. The first-order valence-electron chi connectivity index (χ1n) is 19.3. The molecule has 0 aliphatic rings. The lowest BCUT2D eigenvalue weighted by Gasteiger charge is -2.13. The standard InChI is InChI=1S/C24H17ClF2N2O3S.C23H15ClF2N2O3S/c1-13(14-5-3-2-4-6-14)23(30)29-24(31)21-16(26)8-9-18(22(21)27)32-12-20-28-17-11-15(25)7-10-19(17)33-20;24-14-6-9-18-16(11-14)27-20(32-18)12-31-17-8-7-15(25)21(22(17)26)23(30)28-19(29)10-13-4-2-1-3-5-13/h2-11,13H,12H2,1H3,(H,29,30,31);1-9,11H,10,12H2,(H,28,29,30). The van der Waals surface area contributed by atoms with Crippen LogP contribution in [0.1, 0.15) is 54.7 Å². The Morgan fingerprint density at radius 3 is 1.57 bits per heavy atom. The maximum absolute atomic E-state index is 14.9. The van der Waals surface area contributed by atoms with E-state index in [2.05, 4.69) is 15.3 Å². The minimum Gasteiger partial charge on any atom is -0.483 e. The van der Waals surface area contributed by atoms with Gasteiger partial charge < -0.3 is 9.47 Å². The fourth-order valence-corrected chi connectivity index (χ4v) is 8.25. The van der Waals surface area contributed by atoms with E-state index < -0.39 is 63.9 Å². The van der Waals surface area contributed by atoms with Crippen molar-refractivity contribution in [2.75, 3.05) is 0 Å². The third kappa shape index (κ3) is 11.5. The second kappa shape index (κ2) is 20.9. The maximum atomic E-state index is 14.9. The fraction of sp³-hybridized carbons (Fsp3) is 0.106. The second-order valence-corrected chi connectivity index (χ2v) is 17.1. The second-order valence-electron chi connectivity index (χ2n) is 14.0. The van der Waals surface area contributed by atoms with Gasteiger partial charge in [0, 0.05) is 10.0 Å². The van der Waals surface area contributed by atoms with Crippen molar-refractivity contribution in [3.05, 3.63) is 187 Å². The molecule has 1 atom stereocenters. The number of aromatic nitrogens is 2. The first-order chi connectivity index (χ1) is 31.2. The normalized spacial score (nSPS) is 11.4. The summed E-state index contributed by atoms with van der Waals surface area (Å²) in [5, 5.41) is 6.26. The van der Waals surface area contributed by atoms with Crippen molar-refractivity contribution in [1.82, 2.24) is 20.6 Å². The number of hydrogen-bond acceptors (Lipinski definition) is 10. The van der Waals surface area contributed by atoms with E-state index >= 15 is 0 Å². The van der Waals surface area contributed by atoms with Crippen molar-refractivity contribution < 1.29 is 46.2 Å². The molecule has 0 saturated carbocycles. The van der Waals surface area contributed by atoms with Gasteiger partial charge >= 0.3 is 0 Å². The number of nitrogens with zero attached hydrogens (tertiary/aromatic N) is 2. The van der Waals surface area contributed by atoms with E-state index in [1.165, 1.54) is 22.7 Å². The highest BCUT2D eigenvalue weighted by molar-refractivity contribution is 7.18. The third-order valence-corrected chi connectivity index (χ3v) is 11.9. The molecule has 65 heavy (non-hydrogen) atoms. The molecule has 0 radical (unpaired) electrons. The summed E-state index contributed by atoms with van der Waals surface area (Å²) < 4.78 is 71.0. The minimum atomic E-state index is -1.20. The SMILES string of the molecule is CC(C(=O)NC(=O)c1c(F)ccc(OCc2nc3cc(Cl)ccc3s2)c1F)c1ccccc1.O=C(Cc1ccccc1)NC(=O)c1c(F)ccc(OCc2nc3cc(Cl)ccc3s2)c1F. The number of thiazole rings is 2. The number of ether oxygens (including phenoxy) is 2. The van der Waals surface area contributed by atoms with Crippen LogP contribution in [0.2, 0.25) is 10.0 Å². The predicted molar refractivity (Wildman–Crippen MR) is 241 cm³/mol. The Morgan fingerprint density at radius 1 is 0.615 bits per heavy atom. The molecule has 18 heteroatoms. The van der Waals surface area contributed by atoms with Crippen molar-refractivity contribution >= 4 is 89.9 Å². The number of benzene rings is 6. The third-order valence-electron chi connectivity index (χ3n) is 9.45. The van der Waals surface area contributed by atoms with E-state index in [1.54, 1.807) is 91.9 Å². The number of nitrogens with one attached hydrogen (secondary N) is 2. The summed E-state index contributed by atoms with van der Waals surface area (Å²) in [5.74, 6) is -9.67. The van der Waals surface area contributed by atoms with Crippen LogP contribution in [0.25, 0.3) is 20.4 Å². The van der Waals surface area contributed by atoms with Crippen molar-refractivity contribution in [3.8, 4) is 11.5 Å². The van der Waals surface area contributed by atoms with E-state index in [4.69, 9.17) is 32.7 Å². The van der Waals surface area contributed by atoms with Crippen LogP contribution in [0, 0.1) is 23.3 Å². The van der Waals surface area contributed by atoms with Gasteiger partial charge in [-0.2, -0.15) is 0 Å². The number of amides is 4. The molecule has 8 aromatic rings. The smallest absolute Gasteiger partial charge is 0.263 e. The molecule has 8 rings (SSSR count). The molecule has 0 spiro atoms. The van der Waals surface area contributed by atoms with E-state index in [0.717, 1.165) is 33.7 Å². The highest BCUT2D eigenvalue weighted by Gasteiger charge is 2.26. The van der Waals surface area contributed by atoms with Gasteiger partial charge in [0.15, 0.2) is 23.1 Å². The zero-order valence-corrected chi connectivity index (χ0v) is 36.8. The van der Waals surface area contributed by atoms with Crippen LogP contribution >= 0.6 is 45.9 Å². The lowest BCUT2D eigenvalue weighted by atomic mass is 10.0. The first-order valence-corrected chi connectivity index (χ1v) is 21.7. The Morgan fingerprint density at radius 2 is 1.08 bits per heavy atom. The van der Waals surface area contributed by atoms with Crippen molar-refractivity contribution in [3.63, 3.8) is 0 Å². The summed E-state index contributed by atoms with van der Waals surface area (Å²) in [6.45, 7) is 1.41. The summed E-state index contributed by atoms with van der Waals surface area (Å²) >= 11 is 14.6. The number of carbonyl (C=O) groups excluding carboxylic acids is 4. The summed E-state index contributed by atoms with van der Waals surface area (Å²) in [5.41, 5.74) is 0.901. The summed E-state index contributed by atoms with van der Waals surface area (Å²) in [6.07, 6.45) is -0.104. The number of halogens is 6. The molecule has 0 fully saturated rings. The van der Waals surface area contributed by atoms with Gasteiger partial charge in [-0.3, -0.25) is 29.8 Å². The quantitative estimate of drug-likeness (QED) is 0.116. The molecular formula is C47H32Cl2F4N4O6S2. The van der Waals surface area contributed by atoms with Crippen molar-refractivity contribution in [2.24, 2.45) is 0 Å². The largest absolute Gasteiger partial charge is 0.483 e. The number of fused-ring (bicyclic) bond motifs is 2. The van der Waals surface area contributed by atoms with Crippen molar-refractivity contribution in [1.29, 1.82) is 0 Å². The lowest BCUT2D eigenvalue weighted by molar-refractivity contribution is -0.121. The van der Waals surface area contributed by atoms with E-state index in [9.17, 15) is 36.7 Å². The lowest BCUT2D eigenvalue weighted by Crippen LogP contribution is -2.35. The molecule has 2 aromatic heterocycles. The Hall–Kier alpha value is -6.72. The Balaban J connectivity index is 0.000000194. The zero-order chi connectivity index (χ0) is 46.2. The van der Waals surface area contributed by atoms with E-state index in [-0.39, 0.29) is 31.1 Å². The van der Waals surface area contributed by atoms with Gasteiger partial charge in [-0.15, -0.1) is 22.7 Å². The van der Waals surface area contributed by atoms with Crippen molar-refractivity contribution in [2.45, 2.75) is 32.5 Å². The van der Waals surface area contributed by atoms with Gasteiger partial charge in [0.1, 0.15) is 46.0 Å². The van der Waals surface area contributed by atoms with Gasteiger partial charge in [0.2, 0.25) is 11.8 Å². The predicted octanol–water partition coefficient (Wildman–Crippen LogP) is 11.2. The highest BCUT2D eigenvalue weighted by Crippen LogP contribution is 2.30.